The summed E-state index contributed by atoms with van der Waals surface area (Å²) >= 11 is 1.55. The second kappa shape index (κ2) is 5.53. The van der Waals surface area contributed by atoms with E-state index in [2.05, 4.69) is 10.3 Å². The van der Waals surface area contributed by atoms with Crippen molar-refractivity contribution < 1.29 is 4.39 Å². The highest BCUT2D eigenvalue weighted by atomic mass is 32.1. The molecule has 1 heterocycles. The van der Waals surface area contributed by atoms with Gasteiger partial charge in [0.25, 0.3) is 0 Å². The van der Waals surface area contributed by atoms with Gasteiger partial charge in [0.05, 0.1) is 11.1 Å². The molecule has 0 amide bonds. The van der Waals surface area contributed by atoms with Gasteiger partial charge in [-0.3, -0.25) is 4.98 Å². The van der Waals surface area contributed by atoms with E-state index in [1.807, 2.05) is 6.07 Å². The average Bonchev–Trinajstić information content (AvgIpc) is 2.84. The van der Waals surface area contributed by atoms with Crippen LogP contribution < -0.4 is 5.32 Å². The lowest BCUT2D eigenvalue weighted by atomic mass is 10.1. The number of hydrogen-bond acceptors (Lipinski definition) is 4. The minimum absolute atomic E-state index is 0.0853. The Kier molecular flexibility index (Phi) is 3.81. The van der Waals surface area contributed by atoms with Crippen molar-refractivity contribution in [2.45, 2.75) is 13.1 Å². The maximum Gasteiger partial charge on any atom is 0.145 e. The molecule has 1 aromatic heterocycles. The second-order valence-corrected chi connectivity index (χ2v) is 4.43. The molecule has 0 aliphatic carbocycles. The fourth-order valence-corrected chi connectivity index (χ4v) is 2.02. The minimum atomic E-state index is -0.438. The van der Waals surface area contributed by atoms with Gasteiger partial charge in [-0.25, -0.2) is 4.39 Å². The zero-order valence-electron chi connectivity index (χ0n) is 8.98. The molecule has 0 aliphatic heterocycles. The minimum Gasteiger partial charge on any atom is -0.308 e. The molecule has 1 N–H and O–H groups in total. The molecule has 1 aromatic carbocycles. The summed E-state index contributed by atoms with van der Waals surface area (Å²) in [5.41, 5.74) is 2.35. The molecule has 0 saturated carbocycles. The lowest BCUT2D eigenvalue weighted by Crippen LogP contribution is -2.13. The topological polar surface area (TPSA) is 48.7 Å². The molecule has 0 atom stereocenters. The molecule has 0 unspecified atom stereocenters. The Hall–Kier alpha value is -1.77. The number of halogens is 1. The zero-order chi connectivity index (χ0) is 12.1. The molecule has 86 valence electrons. The molecule has 2 rings (SSSR count). The predicted octanol–water partition coefficient (Wildman–Crippen LogP) is 2.44. The van der Waals surface area contributed by atoms with Crippen molar-refractivity contribution in [3.05, 3.63) is 51.7 Å². The first-order chi connectivity index (χ1) is 8.31. The maximum absolute atomic E-state index is 13.7. The molecule has 0 spiro atoms. The fourth-order valence-electron chi connectivity index (χ4n) is 1.45. The molecular weight excluding hydrogens is 237 g/mol. The van der Waals surface area contributed by atoms with Gasteiger partial charge in [0.2, 0.25) is 0 Å². The monoisotopic (exact) mass is 247 g/mol. The highest BCUT2D eigenvalue weighted by Crippen LogP contribution is 2.12. The molecule has 0 aliphatic rings. The van der Waals surface area contributed by atoms with Crippen LogP contribution in [0.15, 0.2) is 29.9 Å². The van der Waals surface area contributed by atoms with Crippen LogP contribution in [0.5, 0.6) is 0 Å². The van der Waals surface area contributed by atoms with E-state index >= 15 is 0 Å². The van der Waals surface area contributed by atoms with Gasteiger partial charge in [-0.1, -0.05) is 12.1 Å². The van der Waals surface area contributed by atoms with Crippen molar-refractivity contribution in [2.24, 2.45) is 0 Å². The Morgan fingerprint density at radius 3 is 3.00 bits per heavy atom. The van der Waals surface area contributed by atoms with Crippen LogP contribution in [0.2, 0.25) is 0 Å². The number of nitrogens with zero attached hydrogens (tertiary/aromatic N) is 2. The van der Waals surface area contributed by atoms with Crippen LogP contribution in [-0.4, -0.2) is 4.98 Å². The molecule has 3 nitrogen and oxygen atoms in total. The van der Waals surface area contributed by atoms with Crippen LogP contribution in [0.4, 0.5) is 4.39 Å². The first-order valence-corrected chi connectivity index (χ1v) is 5.95. The molecular formula is C12H10FN3S. The van der Waals surface area contributed by atoms with Crippen molar-refractivity contribution in [2.75, 3.05) is 0 Å². The summed E-state index contributed by atoms with van der Waals surface area (Å²) < 4.78 is 13.7. The quantitative estimate of drug-likeness (QED) is 0.902. The first-order valence-electron chi connectivity index (χ1n) is 5.07. The number of thiazole rings is 1. The van der Waals surface area contributed by atoms with Gasteiger partial charge in [-0.15, -0.1) is 11.3 Å². The summed E-state index contributed by atoms with van der Waals surface area (Å²) in [5, 5.41) is 11.8. The standard InChI is InChI=1S/C12H10FN3S/c13-12-9(4-14)2-1-3-10(12)5-15-6-11-7-16-8-17-11/h1-3,7-8,15H,5-6H2. The highest BCUT2D eigenvalue weighted by molar-refractivity contribution is 7.09. The molecule has 2 aromatic rings. The summed E-state index contributed by atoms with van der Waals surface area (Å²) in [4.78, 5) is 5.05. The van der Waals surface area contributed by atoms with Crippen molar-refractivity contribution >= 4 is 11.3 Å². The third kappa shape index (κ3) is 2.87. The Balaban J connectivity index is 1.98. The van der Waals surface area contributed by atoms with Gasteiger partial charge in [0, 0.05) is 29.7 Å². The van der Waals surface area contributed by atoms with Gasteiger partial charge in [-0.05, 0) is 6.07 Å². The third-order valence-corrected chi connectivity index (χ3v) is 3.08. The van der Waals surface area contributed by atoms with Gasteiger partial charge in [0.15, 0.2) is 0 Å². The smallest absolute Gasteiger partial charge is 0.145 e. The van der Waals surface area contributed by atoms with Crippen molar-refractivity contribution in [3.63, 3.8) is 0 Å². The van der Waals surface area contributed by atoms with Crippen LogP contribution in [0.1, 0.15) is 16.0 Å². The molecule has 0 saturated heterocycles. The Morgan fingerprint density at radius 1 is 1.41 bits per heavy atom. The fraction of sp³-hybridized carbons (Fsp3) is 0.167. The molecule has 0 bridgehead atoms. The van der Waals surface area contributed by atoms with E-state index in [1.54, 1.807) is 35.2 Å². The number of hydrogen-bond donors (Lipinski definition) is 1. The largest absolute Gasteiger partial charge is 0.308 e. The highest BCUT2D eigenvalue weighted by Gasteiger charge is 2.06. The molecule has 17 heavy (non-hydrogen) atoms. The van der Waals surface area contributed by atoms with Gasteiger partial charge in [0.1, 0.15) is 11.9 Å². The average molecular weight is 247 g/mol. The number of benzene rings is 1. The van der Waals surface area contributed by atoms with Crippen LogP contribution in [-0.2, 0) is 13.1 Å². The van der Waals surface area contributed by atoms with E-state index in [4.69, 9.17) is 5.26 Å². The molecule has 0 radical (unpaired) electrons. The van der Waals surface area contributed by atoms with Crippen molar-refractivity contribution in [1.82, 2.24) is 10.3 Å². The summed E-state index contributed by atoms with van der Waals surface area (Å²) in [6.07, 6.45) is 1.78. The summed E-state index contributed by atoms with van der Waals surface area (Å²) in [7, 11) is 0. The molecule has 0 fully saturated rings. The second-order valence-electron chi connectivity index (χ2n) is 3.46. The lowest BCUT2D eigenvalue weighted by molar-refractivity contribution is 0.586. The van der Waals surface area contributed by atoms with Crippen LogP contribution in [0, 0.1) is 17.1 Å². The third-order valence-electron chi connectivity index (χ3n) is 2.30. The van der Waals surface area contributed by atoms with Gasteiger partial charge >= 0.3 is 0 Å². The Labute approximate surface area is 103 Å². The van der Waals surface area contributed by atoms with E-state index in [9.17, 15) is 4.39 Å². The molecule has 5 heteroatoms. The van der Waals surface area contributed by atoms with E-state index in [-0.39, 0.29) is 5.56 Å². The summed E-state index contributed by atoms with van der Waals surface area (Å²) in [6.45, 7) is 1.06. The van der Waals surface area contributed by atoms with Crippen LogP contribution in [0.3, 0.4) is 0 Å². The lowest BCUT2D eigenvalue weighted by Gasteiger charge is -2.05. The number of rotatable bonds is 4. The normalized spacial score (nSPS) is 10.1. The van der Waals surface area contributed by atoms with Crippen molar-refractivity contribution in [3.8, 4) is 6.07 Å². The maximum atomic E-state index is 13.7. The predicted molar refractivity (Wildman–Crippen MR) is 63.8 cm³/mol. The van der Waals surface area contributed by atoms with Crippen LogP contribution in [0.25, 0.3) is 0 Å². The Morgan fingerprint density at radius 2 is 2.29 bits per heavy atom. The van der Waals surface area contributed by atoms with Crippen molar-refractivity contribution in [1.29, 1.82) is 5.26 Å². The van der Waals surface area contributed by atoms with Crippen LogP contribution >= 0.6 is 11.3 Å². The Bertz CT molecular complexity index is 531. The van der Waals surface area contributed by atoms with Gasteiger partial charge < -0.3 is 5.32 Å². The number of aromatic nitrogens is 1. The summed E-state index contributed by atoms with van der Waals surface area (Å²) in [5.74, 6) is -0.438. The first kappa shape index (κ1) is 11.7. The zero-order valence-corrected chi connectivity index (χ0v) is 9.80. The summed E-state index contributed by atoms with van der Waals surface area (Å²) in [6, 6.07) is 6.67. The van der Waals surface area contributed by atoms with E-state index in [0.29, 0.717) is 18.7 Å². The number of nitrogens with one attached hydrogen (secondary N) is 1. The van der Waals surface area contributed by atoms with E-state index < -0.39 is 5.82 Å². The van der Waals surface area contributed by atoms with E-state index in [1.165, 1.54) is 6.07 Å². The van der Waals surface area contributed by atoms with Gasteiger partial charge in [-0.2, -0.15) is 5.26 Å². The SMILES string of the molecule is N#Cc1cccc(CNCc2cncs2)c1F. The van der Waals surface area contributed by atoms with E-state index in [0.717, 1.165) is 4.88 Å². The number of nitriles is 1.